The fourth-order valence-corrected chi connectivity index (χ4v) is 4.03. The van der Waals surface area contributed by atoms with Gasteiger partial charge in [0.2, 0.25) is 0 Å². The Bertz CT molecular complexity index is 1270. The van der Waals surface area contributed by atoms with Crippen LogP contribution in [0.25, 0.3) is 0 Å². The molecular weight excluding hydrogens is 447 g/mol. The van der Waals surface area contributed by atoms with Crippen LogP contribution in [0.4, 0.5) is 26.4 Å². The number of halogens is 1. The van der Waals surface area contributed by atoms with Crippen molar-refractivity contribution in [3.05, 3.63) is 82.8 Å². The number of fused-ring (bicyclic) bond motifs is 1. The number of hydrogen-bond acceptors (Lipinski definition) is 5. The second-order valence-electron chi connectivity index (χ2n) is 9.74. The number of carbonyl (C=O) groups excluding carboxylic acids is 2. The van der Waals surface area contributed by atoms with Crippen molar-refractivity contribution >= 4 is 29.2 Å². The minimum absolute atomic E-state index is 0.0526. The molecule has 0 saturated heterocycles. The van der Waals surface area contributed by atoms with Crippen LogP contribution < -0.4 is 16.0 Å². The van der Waals surface area contributed by atoms with Crippen molar-refractivity contribution in [3.8, 4) is 0 Å². The zero-order valence-electron chi connectivity index (χ0n) is 20.2. The zero-order chi connectivity index (χ0) is 25.2. The standard InChI is InChI=1S/C27H29FN4O3/c1-16-8-9-17-11-21(12-18(17)10-16)30-25(33)23-14-22(31-26(34)35-27(2,3)4)15-24(32-23)29-20-7-5-6-19(28)13-20/h5-10,13-15,21H,11-12H2,1-4H3,(H,30,33)(H2,29,31,32,34). The van der Waals surface area contributed by atoms with Crippen molar-refractivity contribution in [1.29, 1.82) is 0 Å². The van der Waals surface area contributed by atoms with Crippen molar-refractivity contribution in [1.82, 2.24) is 10.3 Å². The van der Waals surface area contributed by atoms with Gasteiger partial charge in [0.25, 0.3) is 5.91 Å². The van der Waals surface area contributed by atoms with Gasteiger partial charge >= 0.3 is 6.09 Å². The fraction of sp³-hybridized carbons (Fsp3) is 0.296. The van der Waals surface area contributed by atoms with E-state index in [2.05, 4.69) is 39.1 Å². The Morgan fingerprint density at radius 1 is 1.00 bits per heavy atom. The number of carbonyl (C=O) groups is 2. The lowest BCUT2D eigenvalue weighted by atomic mass is 10.1. The van der Waals surface area contributed by atoms with E-state index in [1.54, 1.807) is 39.0 Å². The quantitative estimate of drug-likeness (QED) is 0.451. The number of aromatic nitrogens is 1. The molecule has 1 atom stereocenters. The number of amides is 2. The van der Waals surface area contributed by atoms with Crippen LogP contribution in [0, 0.1) is 12.7 Å². The van der Waals surface area contributed by atoms with Crippen LogP contribution in [0.15, 0.2) is 54.6 Å². The highest BCUT2D eigenvalue weighted by Gasteiger charge is 2.24. The molecule has 1 aliphatic rings. The summed E-state index contributed by atoms with van der Waals surface area (Å²) < 4.78 is 19.0. The third-order valence-corrected chi connectivity index (χ3v) is 5.43. The highest BCUT2D eigenvalue weighted by Crippen LogP contribution is 2.25. The van der Waals surface area contributed by atoms with E-state index in [9.17, 15) is 14.0 Å². The van der Waals surface area contributed by atoms with Crippen molar-refractivity contribution < 1.29 is 18.7 Å². The smallest absolute Gasteiger partial charge is 0.412 e. The summed E-state index contributed by atoms with van der Waals surface area (Å²) in [6.45, 7) is 7.33. The average molecular weight is 477 g/mol. The largest absolute Gasteiger partial charge is 0.444 e. The van der Waals surface area contributed by atoms with Gasteiger partial charge in [-0.2, -0.15) is 0 Å². The van der Waals surface area contributed by atoms with Crippen molar-refractivity contribution in [3.63, 3.8) is 0 Å². The van der Waals surface area contributed by atoms with Crippen LogP contribution in [0.1, 0.15) is 48.0 Å². The van der Waals surface area contributed by atoms with E-state index in [0.717, 1.165) is 12.8 Å². The van der Waals surface area contributed by atoms with E-state index >= 15 is 0 Å². The normalized spacial score (nSPS) is 14.7. The third-order valence-electron chi connectivity index (χ3n) is 5.43. The predicted molar refractivity (Wildman–Crippen MR) is 134 cm³/mol. The summed E-state index contributed by atoms with van der Waals surface area (Å²) >= 11 is 0. The SMILES string of the molecule is Cc1ccc2c(c1)CC(NC(=O)c1cc(NC(=O)OC(C)(C)C)cc(Nc3cccc(F)c3)n1)C2. The summed E-state index contributed by atoms with van der Waals surface area (Å²) in [6.07, 6.45) is 0.826. The maximum atomic E-state index is 13.7. The van der Waals surface area contributed by atoms with Gasteiger partial charge in [0.05, 0.1) is 5.69 Å². The topological polar surface area (TPSA) is 92.4 Å². The lowest BCUT2D eigenvalue weighted by molar-refractivity contribution is 0.0635. The van der Waals surface area contributed by atoms with E-state index in [1.165, 1.54) is 34.9 Å². The molecule has 2 aromatic carbocycles. The van der Waals surface area contributed by atoms with Gasteiger partial charge in [-0.3, -0.25) is 10.1 Å². The summed E-state index contributed by atoms with van der Waals surface area (Å²) in [5.41, 5.74) is 3.86. The van der Waals surface area contributed by atoms with E-state index in [0.29, 0.717) is 11.4 Å². The van der Waals surface area contributed by atoms with Crippen LogP contribution in [0.2, 0.25) is 0 Å². The Morgan fingerprint density at radius 2 is 1.77 bits per heavy atom. The first kappa shape index (κ1) is 24.2. The molecule has 7 nitrogen and oxygen atoms in total. The maximum Gasteiger partial charge on any atom is 0.412 e. The molecule has 0 saturated carbocycles. The van der Waals surface area contributed by atoms with Gasteiger partial charge < -0.3 is 15.4 Å². The highest BCUT2D eigenvalue weighted by atomic mass is 19.1. The molecule has 1 aliphatic carbocycles. The van der Waals surface area contributed by atoms with Gasteiger partial charge in [-0.25, -0.2) is 14.2 Å². The zero-order valence-corrected chi connectivity index (χ0v) is 20.2. The molecule has 4 rings (SSSR count). The van der Waals surface area contributed by atoms with Crippen LogP contribution in [-0.4, -0.2) is 28.6 Å². The minimum atomic E-state index is -0.685. The monoisotopic (exact) mass is 476 g/mol. The molecule has 0 aliphatic heterocycles. The summed E-state index contributed by atoms with van der Waals surface area (Å²) in [4.78, 5) is 29.9. The lowest BCUT2D eigenvalue weighted by Crippen LogP contribution is -2.36. The van der Waals surface area contributed by atoms with Crippen molar-refractivity contribution in [2.24, 2.45) is 0 Å². The molecule has 0 spiro atoms. The second-order valence-corrected chi connectivity index (χ2v) is 9.74. The fourth-order valence-electron chi connectivity index (χ4n) is 4.03. The molecule has 35 heavy (non-hydrogen) atoms. The van der Waals surface area contributed by atoms with Gasteiger partial charge in [-0.1, -0.05) is 29.8 Å². The first-order valence-corrected chi connectivity index (χ1v) is 11.5. The molecular formula is C27H29FN4O3. The summed E-state index contributed by atoms with van der Waals surface area (Å²) in [5, 5.41) is 8.69. The van der Waals surface area contributed by atoms with Gasteiger partial charge in [0.1, 0.15) is 22.9 Å². The average Bonchev–Trinajstić information content (AvgIpc) is 3.13. The molecule has 182 valence electrons. The summed E-state index contributed by atoms with van der Waals surface area (Å²) in [5.74, 6) is -0.499. The molecule has 3 aromatic rings. The van der Waals surface area contributed by atoms with Crippen LogP contribution in [0.3, 0.4) is 0 Å². The van der Waals surface area contributed by atoms with E-state index in [1.807, 2.05) is 6.92 Å². The van der Waals surface area contributed by atoms with Gasteiger partial charge in [0, 0.05) is 17.8 Å². The Morgan fingerprint density at radius 3 is 2.51 bits per heavy atom. The van der Waals surface area contributed by atoms with Crippen molar-refractivity contribution in [2.45, 2.75) is 52.2 Å². The Kier molecular flexibility index (Phi) is 6.73. The third kappa shape index (κ3) is 6.56. The number of aryl methyl sites for hydroxylation is 1. The number of anilines is 3. The molecule has 3 N–H and O–H groups in total. The number of pyridine rings is 1. The van der Waals surface area contributed by atoms with E-state index in [-0.39, 0.29) is 23.5 Å². The van der Waals surface area contributed by atoms with E-state index < -0.39 is 17.5 Å². The molecule has 2 amide bonds. The van der Waals surface area contributed by atoms with Gasteiger partial charge in [-0.05, 0) is 75.9 Å². The first-order chi connectivity index (χ1) is 16.5. The number of benzene rings is 2. The van der Waals surface area contributed by atoms with E-state index in [4.69, 9.17) is 4.74 Å². The summed E-state index contributed by atoms with van der Waals surface area (Å²) in [7, 11) is 0. The van der Waals surface area contributed by atoms with Crippen molar-refractivity contribution in [2.75, 3.05) is 10.6 Å². The number of hydrogen-bond donors (Lipinski definition) is 3. The number of rotatable bonds is 5. The van der Waals surface area contributed by atoms with Crippen LogP contribution in [0.5, 0.6) is 0 Å². The lowest BCUT2D eigenvalue weighted by Gasteiger charge is -2.20. The molecule has 0 radical (unpaired) electrons. The predicted octanol–water partition coefficient (Wildman–Crippen LogP) is 5.52. The maximum absolute atomic E-state index is 13.7. The molecule has 1 aromatic heterocycles. The first-order valence-electron chi connectivity index (χ1n) is 11.5. The molecule has 1 heterocycles. The second kappa shape index (κ2) is 9.74. The Labute approximate surface area is 204 Å². The molecule has 0 bridgehead atoms. The van der Waals surface area contributed by atoms with Crippen LogP contribution in [-0.2, 0) is 17.6 Å². The van der Waals surface area contributed by atoms with Crippen LogP contribution >= 0.6 is 0 Å². The number of ether oxygens (including phenoxy) is 1. The van der Waals surface area contributed by atoms with Gasteiger partial charge in [-0.15, -0.1) is 0 Å². The molecule has 0 fully saturated rings. The number of nitrogens with one attached hydrogen (secondary N) is 3. The number of nitrogens with zero attached hydrogens (tertiary/aromatic N) is 1. The van der Waals surface area contributed by atoms with Gasteiger partial charge in [0.15, 0.2) is 0 Å². The molecule has 8 heteroatoms. The highest BCUT2D eigenvalue weighted by molar-refractivity contribution is 5.95. The molecule has 1 unspecified atom stereocenters. The summed E-state index contributed by atoms with van der Waals surface area (Å²) in [6, 6.07) is 15.2. The Balaban J connectivity index is 1.55. The Hall–Kier alpha value is -3.94. The minimum Gasteiger partial charge on any atom is -0.444 e.